The highest BCUT2D eigenvalue weighted by Crippen LogP contribution is 2.45. The van der Waals surface area contributed by atoms with Crippen LogP contribution in [0.2, 0.25) is 0 Å². The Morgan fingerprint density at radius 3 is 2.85 bits per heavy atom. The smallest absolute Gasteiger partial charge is 0.123 e. The number of halogens is 1. The van der Waals surface area contributed by atoms with Gasteiger partial charge < -0.3 is 5.11 Å². The van der Waals surface area contributed by atoms with Crippen molar-refractivity contribution < 1.29 is 9.50 Å². The number of aliphatic imine (C=N–C) groups is 1. The summed E-state index contributed by atoms with van der Waals surface area (Å²) >= 11 is 0. The number of hydrogen-bond acceptors (Lipinski definition) is 2. The maximum atomic E-state index is 13.5. The van der Waals surface area contributed by atoms with E-state index in [2.05, 4.69) is 4.99 Å². The summed E-state index contributed by atoms with van der Waals surface area (Å²) in [6.45, 7) is 2.12. The van der Waals surface area contributed by atoms with Gasteiger partial charge in [0.25, 0.3) is 0 Å². The average molecular weight is 269 g/mol. The third-order valence-electron chi connectivity index (χ3n) is 3.87. The standard InChI is InChI=1S/C17H16FNO/c1-11-14(6-9-20)16-10-13(18)2-3-15(16)17(11)12-4-7-19-8-5-12/h2-4,7-8,10,20H,5-6,9H2,1H3. The maximum absolute atomic E-state index is 13.5. The molecule has 0 aromatic heterocycles. The van der Waals surface area contributed by atoms with Crippen molar-refractivity contribution in [2.75, 3.05) is 6.61 Å². The number of aliphatic hydroxyl groups is 1. The fourth-order valence-electron chi connectivity index (χ4n) is 2.99. The Morgan fingerprint density at radius 2 is 2.15 bits per heavy atom. The molecule has 20 heavy (non-hydrogen) atoms. The van der Waals surface area contributed by atoms with Crippen LogP contribution in [0.25, 0.3) is 11.1 Å². The van der Waals surface area contributed by atoms with Gasteiger partial charge in [-0.3, -0.25) is 4.99 Å². The molecule has 0 saturated carbocycles. The predicted octanol–water partition coefficient (Wildman–Crippen LogP) is 3.74. The van der Waals surface area contributed by atoms with Crippen molar-refractivity contribution in [3.05, 3.63) is 58.6 Å². The first-order chi connectivity index (χ1) is 9.72. The Morgan fingerprint density at radius 1 is 1.30 bits per heavy atom. The molecule has 1 aliphatic carbocycles. The van der Waals surface area contributed by atoms with Gasteiger partial charge in [0.05, 0.1) is 0 Å². The summed E-state index contributed by atoms with van der Waals surface area (Å²) in [5.74, 6) is -0.237. The second-order valence-corrected chi connectivity index (χ2v) is 5.02. The van der Waals surface area contributed by atoms with Crippen LogP contribution in [0.15, 0.2) is 46.6 Å². The molecule has 1 aromatic rings. The van der Waals surface area contributed by atoms with Gasteiger partial charge >= 0.3 is 0 Å². The zero-order valence-electron chi connectivity index (χ0n) is 11.4. The number of rotatable bonds is 2. The quantitative estimate of drug-likeness (QED) is 0.871. The van der Waals surface area contributed by atoms with Gasteiger partial charge in [-0.1, -0.05) is 6.07 Å². The topological polar surface area (TPSA) is 32.6 Å². The minimum Gasteiger partial charge on any atom is -0.396 e. The van der Waals surface area contributed by atoms with Crippen LogP contribution in [0, 0.1) is 5.82 Å². The van der Waals surface area contributed by atoms with Crippen molar-refractivity contribution in [3.63, 3.8) is 0 Å². The summed E-state index contributed by atoms with van der Waals surface area (Å²) in [6, 6.07) is 4.90. The number of allylic oxidation sites excluding steroid dienone is 4. The Balaban J connectivity index is 2.22. The Labute approximate surface area is 117 Å². The summed E-state index contributed by atoms with van der Waals surface area (Å²) in [5.41, 5.74) is 6.50. The summed E-state index contributed by atoms with van der Waals surface area (Å²) in [5, 5.41) is 9.26. The highest BCUT2D eigenvalue weighted by molar-refractivity contribution is 6.02. The molecule has 0 saturated heterocycles. The summed E-state index contributed by atoms with van der Waals surface area (Å²) < 4.78 is 13.5. The van der Waals surface area contributed by atoms with Gasteiger partial charge in [0.2, 0.25) is 0 Å². The molecule has 3 heteroatoms. The average Bonchev–Trinajstić information content (AvgIpc) is 2.73. The van der Waals surface area contributed by atoms with E-state index >= 15 is 0 Å². The highest BCUT2D eigenvalue weighted by Gasteiger charge is 2.25. The summed E-state index contributed by atoms with van der Waals surface area (Å²) in [4.78, 5) is 4.09. The minimum absolute atomic E-state index is 0.0720. The van der Waals surface area contributed by atoms with Gasteiger partial charge in [-0.25, -0.2) is 4.39 Å². The minimum atomic E-state index is -0.237. The van der Waals surface area contributed by atoms with Crippen molar-refractivity contribution in [1.29, 1.82) is 0 Å². The Kier molecular flexibility index (Phi) is 3.36. The van der Waals surface area contributed by atoms with E-state index in [-0.39, 0.29) is 12.4 Å². The van der Waals surface area contributed by atoms with Crippen molar-refractivity contribution in [2.24, 2.45) is 4.99 Å². The van der Waals surface area contributed by atoms with Crippen molar-refractivity contribution in [3.8, 4) is 0 Å². The summed E-state index contributed by atoms with van der Waals surface area (Å²) in [6.07, 6.45) is 7.01. The van der Waals surface area contributed by atoms with Crippen LogP contribution in [0.4, 0.5) is 4.39 Å². The van der Waals surface area contributed by atoms with Crippen LogP contribution in [0.3, 0.4) is 0 Å². The number of hydrogen-bond donors (Lipinski definition) is 1. The van der Waals surface area contributed by atoms with Gasteiger partial charge in [0.15, 0.2) is 0 Å². The monoisotopic (exact) mass is 269 g/mol. The van der Waals surface area contributed by atoms with E-state index in [0.717, 1.165) is 34.3 Å². The molecular formula is C17H16FNO. The van der Waals surface area contributed by atoms with Crippen molar-refractivity contribution in [1.82, 2.24) is 0 Å². The SMILES string of the molecule is CC1=C(CCO)c2cc(F)ccc2C1=C1C=CN=CC1. The molecule has 0 atom stereocenters. The number of aliphatic hydroxyl groups excluding tert-OH is 1. The second kappa shape index (κ2) is 5.17. The van der Waals surface area contributed by atoms with E-state index in [4.69, 9.17) is 0 Å². The lowest BCUT2D eigenvalue weighted by atomic mass is 9.95. The van der Waals surface area contributed by atoms with Crippen LogP contribution in [-0.4, -0.2) is 17.9 Å². The zero-order chi connectivity index (χ0) is 14.1. The predicted molar refractivity (Wildman–Crippen MR) is 79.9 cm³/mol. The van der Waals surface area contributed by atoms with Crippen molar-refractivity contribution in [2.45, 2.75) is 19.8 Å². The van der Waals surface area contributed by atoms with E-state index in [1.807, 2.05) is 25.3 Å². The number of benzene rings is 1. The van der Waals surface area contributed by atoms with Gasteiger partial charge in [0, 0.05) is 25.4 Å². The van der Waals surface area contributed by atoms with E-state index in [9.17, 15) is 9.50 Å². The lowest BCUT2D eigenvalue weighted by Gasteiger charge is -2.10. The molecule has 0 unspecified atom stereocenters. The molecule has 1 N–H and O–H groups in total. The van der Waals surface area contributed by atoms with Gasteiger partial charge in [-0.05, 0) is 65.0 Å². The molecule has 3 rings (SSSR count). The third kappa shape index (κ3) is 2.04. The Hall–Kier alpha value is -2.00. The molecule has 1 heterocycles. The van der Waals surface area contributed by atoms with Gasteiger partial charge in [0.1, 0.15) is 5.82 Å². The van der Waals surface area contributed by atoms with E-state index in [1.165, 1.54) is 11.6 Å². The molecule has 1 aliphatic heterocycles. The van der Waals surface area contributed by atoms with Gasteiger partial charge in [-0.2, -0.15) is 0 Å². The van der Waals surface area contributed by atoms with Crippen LogP contribution >= 0.6 is 0 Å². The van der Waals surface area contributed by atoms with Crippen LogP contribution in [0.1, 0.15) is 30.9 Å². The van der Waals surface area contributed by atoms with Crippen LogP contribution in [0.5, 0.6) is 0 Å². The third-order valence-corrected chi connectivity index (χ3v) is 3.87. The molecule has 2 nitrogen and oxygen atoms in total. The van der Waals surface area contributed by atoms with Crippen LogP contribution < -0.4 is 0 Å². The molecule has 0 radical (unpaired) electrons. The molecule has 0 fully saturated rings. The fourth-order valence-corrected chi connectivity index (χ4v) is 2.99. The maximum Gasteiger partial charge on any atom is 0.123 e. The van der Waals surface area contributed by atoms with Gasteiger partial charge in [-0.15, -0.1) is 0 Å². The van der Waals surface area contributed by atoms with E-state index < -0.39 is 0 Å². The highest BCUT2D eigenvalue weighted by atomic mass is 19.1. The molecular weight excluding hydrogens is 253 g/mol. The van der Waals surface area contributed by atoms with Crippen molar-refractivity contribution >= 4 is 17.4 Å². The first-order valence-corrected chi connectivity index (χ1v) is 6.75. The molecule has 0 amide bonds. The van der Waals surface area contributed by atoms with E-state index in [1.54, 1.807) is 12.3 Å². The fraction of sp³-hybridized carbons (Fsp3) is 0.235. The summed E-state index contributed by atoms with van der Waals surface area (Å²) in [7, 11) is 0. The molecule has 102 valence electrons. The van der Waals surface area contributed by atoms with Crippen LogP contribution in [-0.2, 0) is 0 Å². The molecule has 0 bridgehead atoms. The molecule has 2 aliphatic rings. The normalized spacial score (nSPS) is 20.8. The lowest BCUT2D eigenvalue weighted by molar-refractivity contribution is 0.305. The molecule has 0 spiro atoms. The first-order valence-electron chi connectivity index (χ1n) is 6.75. The lowest BCUT2D eigenvalue weighted by Crippen LogP contribution is -1.93. The number of fused-ring (bicyclic) bond motifs is 1. The largest absolute Gasteiger partial charge is 0.396 e. The number of nitrogens with zero attached hydrogens (tertiary/aromatic N) is 1. The zero-order valence-corrected chi connectivity index (χ0v) is 11.4. The van der Waals surface area contributed by atoms with E-state index in [0.29, 0.717) is 6.42 Å². The molecule has 1 aromatic carbocycles. The Bertz CT molecular complexity index is 680. The first kappa shape index (κ1) is 13.0. The second-order valence-electron chi connectivity index (χ2n) is 5.02.